The average molecular weight is 301 g/mol. The Morgan fingerprint density at radius 1 is 1.20 bits per heavy atom. The molecule has 2 saturated heterocycles. The van der Waals surface area contributed by atoms with Crippen LogP contribution >= 0.6 is 11.8 Å². The molecule has 3 nitrogen and oxygen atoms in total. The molecule has 0 saturated carbocycles. The molecule has 0 spiro atoms. The molecule has 2 atom stereocenters. The van der Waals surface area contributed by atoms with Gasteiger partial charge in [0, 0.05) is 42.3 Å². The standard InChI is InChI=1S/C16H32N2OS/c1-5-15(4)12-16(13-17,7-10-19-15)18-8-6-14(2,3)20-11-9-18/h5-13,17H2,1-4H3. The summed E-state index contributed by atoms with van der Waals surface area (Å²) in [6.45, 7) is 13.2. The topological polar surface area (TPSA) is 38.5 Å². The highest BCUT2D eigenvalue weighted by Crippen LogP contribution is 2.40. The number of hydrogen-bond acceptors (Lipinski definition) is 4. The lowest BCUT2D eigenvalue weighted by molar-refractivity contribution is -0.128. The van der Waals surface area contributed by atoms with Crippen LogP contribution in [0, 0.1) is 0 Å². The third-order valence-corrected chi connectivity index (χ3v) is 6.73. The number of nitrogens with two attached hydrogens (primary N) is 1. The second kappa shape index (κ2) is 6.15. The zero-order valence-electron chi connectivity index (χ0n) is 13.7. The Bertz CT molecular complexity index is 336. The van der Waals surface area contributed by atoms with Crippen LogP contribution in [0.25, 0.3) is 0 Å². The summed E-state index contributed by atoms with van der Waals surface area (Å²) in [5.41, 5.74) is 6.42. The summed E-state index contributed by atoms with van der Waals surface area (Å²) in [7, 11) is 0. The van der Waals surface area contributed by atoms with E-state index in [4.69, 9.17) is 10.5 Å². The normalized spacial score (nSPS) is 39.5. The van der Waals surface area contributed by atoms with E-state index in [-0.39, 0.29) is 11.1 Å². The Morgan fingerprint density at radius 3 is 2.60 bits per heavy atom. The van der Waals surface area contributed by atoms with Gasteiger partial charge in [-0.2, -0.15) is 11.8 Å². The van der Waals surface area contributed by atoms with Crippen molar-refractivity contribution in [2.24, 2.45) is 5.73 Å². The molecule has 2 fully saturated rings. The zero-order valence-corrected chi connectivity index (χ0v) is 14.5. The number of ether oxygens (including phenoxy) is 1. The van der Waals surface area contributed by atoms with E-state index in [2.05, 4.69) is 44.4 Å². The minimum Gasteiger partial charge on any atom is -0.375 e. The number of hydrogen-bond donors (Lipinski definition) is 1. The van der Waals surface area contributed by atoms with Crippen LogP contribution in [0.5, 0.6) is 0 Å². The second-order valence-electron chi connectivity index (χ2n) is 7.35. The molecule has 0 aliphatic carbocycles. The monoisotopic (exact) mass is 300 g/mol. The summed E-state index contributed by atoms with van der Waals surface area (Å²) in [6, 6.07) is 0. The summed E-state index contributed by atoms with van der Waals surface area (Å²) >= 11 is 2.11. The number of nitrogens with zero attached hydrogens (tertiary/aromatic N) is 1. The first kappa shape index (κ1) is 16.6. The van der Waals surface area contributed by atoms with E-state index in [0.29, 0.717) is 4.75 Å². The van der Waals surface area contributed by atoms with Crippen molar-refractivity contribution in [2.75, 3.05) is 32.0 Å². The molecule has 0 radical (unpaired) electrons. The van der Waals surface area contributed by atoms with E-state index in [1.165, 1.54) is 25.3 Å². The van der Waals surface area contributed by atoms with Gasteiger partial charge in [0.15, 0.2) is 0 Å². The third-order valence-electron chi connectivity index (χ3n) is 5.36. The lowest BCUT2D eigenvalue weighted by Gasteiger charge is -2.51. The van der Waals surface area contributed by atoms with Crippen molar-refractivity contribution < 1.29 is 4.74 Å². The SMILES string of the molecule is CCC1(C)CC(CN)(N2CCSC(C)(C)CC2)CCO1. The van der Waals surface area contributed by atoms with Crippen LogP contribution in [0.4, 0.5) is 0 Å². The van der Waals surface area contributed by atoms with Crippen LogP contribution in [0.2, 0.25) is 0 Å². The lowest BCUT2D eigenvalue weighted by Crippen LogP contribution is -2.61. The fourth-order valence-electron chi connectivity index (χ4n) is 3.62. The first-order valence-corrected chi connectivity index (χ1v) is 9.06. The summed E-state index contributed by atoms with van der Waals surface area (Å²) in [5.74, 6) is 1.22. The van der Waals surface area contributed by atoms with Crippen molar-refractivity contribution in [1.82, 2.24) is 4.90 Å². The van der Waals surface area contributed by atoms with Crippen LogP contribution in [-0.4, -0.2) is 52.8 Å². The van der Waals surface area contributed by atoms with Gasteiger partial charge in [-0.15, -0.1) is 0 Å². The highest BCUT2D eigenvalue weighted by molar-refractivity contribution is 8.00. The molecule has 0 bridgehead atoms. The van der Waals surface area contributed by atoms with Gasteiger partial charge >= 0.3 is 0 Å². The van der Waals surface area contributed by atoms with Gasteiger partial charge in [0.25, 0.3) is 0 Å². The second-order valence-corrected chi connectivity index (χ2v) is 9.15. The summed E-state index contributed by atoms with van der Waals surface area (Å²) in [6.07, 6.45) is 4.49. The Kier molecular flexibility index (Phi) is 5.11. The highest BCUT2D eigenvalue weighted by Gasteiger charge is 2.45. The largest absolute Gasteiger partial charge is 0.375 e. The molecule has 0 amide bonds. The van der Waals surface area contributed by atoms with Crippen molar-refractivity contribution in [1.29, 1.82) is 0 Å². The first-order valence-electron chi connectivity index (χ1n) is 8.08. The maximum atomic E-state index is 6.26. The molecular formula is C16H32N2OS. The van der Waals surface area contributed by atoms with Crippen molar-refractivity contribution in [2.45, 2.75) is 69.3 Å². The Balaban J connectivity index is 2.14. The quantitative estimate of drug-likeness (QED) is 0.870. The smallest absolute Gasteiger partial charge is 0.0670 e. The zero-order chi connectivity index (χ0) is 14.9. The molecule has 2 N–H and O–H groups in total. The van der Waals surface area contributed by atoms with Crippen molar-refractivity contribution >= 4 is 11.8 Å². The molecule has 2 rings (SSSR count). The van der Waals surface area contributed by atoms with Crippen LogP contribution < -0.4 is 5.73 Å². The molecule has 4 heteroatoms. The predicted octanol–water partition coefficient (Wildman–Crippen LogP) is 2.88. The molecule has 2 aliphatic heterocycles. The minimum atomic E-state index is 0.00653. The minimum absolute atomic E-state index is 0.00653. The number of rotatable bonds is 3. The fraction of sp³-hybridized carbons (Fsp3) is 1.00. The fourth-order valence-corrected chi connectivity index (χ4v) is 4.72. The molecule has 2 aliphatic rings. The van der Waals surface area contributed by atoms with Crippen molar-refractivity contribution in [3.05, 3.63) is 0 Å². The molecule has 2 heterocycles. The maximum absolute atomic E-state index is 6.26. The van der Waals surface area contributed by atoms with E-state index < -0.39 is 0 Å². The van der Waals surface area contributed by atoms with Gasteiger partial charge in [0.1, 0.15) is 0 Å². The van der Waals surface area contributed by atoms with E-state index >= 15 is 0 Å². The van der Waals surface area contributed by atoms with Gasteiger partial charge in [0.05, 0.1) is 5.60 Å². The van der Waals surface area contributed by atoms with Crippen molar-refractivity contribution in [3.63, 3.8) is 0 Å². The summed E-state index contributed by atoms with van der Waals surface area (Å²) in [4.78, 5) is 2.69. The van der Waals surface area contributed by atoms with E-state index in [1.807, 2.05) is 0 Å². The van der Waals surface area contributed by atoms with Crippen LogP contribution in [0.3, 0.4) is 0 Å². The maximum Gasteiger partial charge on any atom is 0.0670 e. The number of thioether (sulfide) groups is 1. The Hall–Kier alpha value is 0.230. The molecular weight excluding hydrogens is 268 g/mol. The summed E-state index contributed by atoms with van der Waals surface area (Å²) < 4.78 is 6.45. The van der Waals surface area contributed by atoms with E-state index in [0.717, 1.165) is 32.4 Å². The Morgan fingerprint density at radius 2 is 1.95 bits per heavy atom. The van der Waals surface area contributed by atoms with Crippen LogP contribution in [0.15, 0.2) is 0 Å². The van der Waals surface area contributed by atoms with Crippen LogP contribution in [0.1, 0.15) is 53.4 Å². The molecule has 0 aromatic carbocycles. The average Bonchev–Trinajstić information content (AvgIpc) is 2.60. The van der Waals surface area contributed by atoms with E-state index in [1.54, 1.807) is 0 Å². The third kappa shape index (κ3) is 3.52. The van der Waals surface area contributed by atoms with Gasteiger partial charge in [-0.3, -0.25) is 4.90 Å². The van der Waals surface area contributed by atoms with Gasteiger partial charge in [-0.1, -0.05) is 20.8 Å². The van der Waals surface area contributed by atoms with Gasteiger partial charge in [0.2, 0.25) is 0 Å². The molecule has 20 heavy (non-hydrogen) atoms. The molecule has 0 aromatic rings. The lowest BCUT2D eigenvalue weighted by atomic mass is 9.77. The predicted molar refractivity (Wildman–Crippen MR) is 88.4 cm³/mol. The van der Waals surface area contributed by atoms with Crippen LogP contribution in [-0.2, 0) is 4.74 Å². The Labute approximate surface area is 129 Å². The van der Waals surface area contributed by atoms with Crippen molar-refractivity contribution in [3.8, 4) is 0 Å². The molecule has 2 unspecified atom stereocenters. The molecule has 118 valence electrons. The summed E-state index contributed by atoms with van der Waals surface area (Å²) in [5, 5.41) is 0. The van der Waals surface area contributed by atoms with Gasteiger partial charge in [-0.05, 0) is 32.6 Å². The van der Waals surface area contributed by atoms with Gasteiger partial charge < -0.3 is 10.5 Å². The first-order chi connectivity index (χ1) is 9.35. The van der Waals surface area contributed by atoms with Gasteiger partial charge in [-0.25, -0.2) is 0 Å². The highest BCUT2D eigenvalue weighted by atomic mass is 32.2. The van der Waals surface area contributed by atoms with E-state index in [9.17, 15) is 0 Å². The molecule has 0 aromatic heterocycles.